The van der Waals surface area contributed by atoms with Gasteiger partial charge in [-0.1, -0.05) is 47.1 Å². The zero-order valence-corrected chi connectivity index (χ0v) is 15.3. The number of carbonyl (C=O) groups excluding carboxylic acids is 2. The maximum absolute atomic E-state index is 12.5. The Hall–Kier alpha value is -2.14. The quantitative estimate of drug-likeness (QED) is 0.758. The lowest BCUT2D eigenvalue weighted by atomic mass is 10.0. The third-order valence-corrected chi connectivity index (χ3v) is 4.33. The number of rotatable bonds is 6. The maximum atomic E-state index is 12.5. The van der Waals surface area contributed by atoms with Gasteiger partial charge in [-0.15, -0.1) is 0 Å². The van der Waals surface area contributed by atoms with E-state index in [-0.39, 0.29) is 18.3 Å². The van der Waals surface area contributed by atoms with E-state index in [9.17, 15) is 9.59 Å². The first kappa shape index (κ1) is 18.2. The lowest BCUT2D eigenvalue weighted by Crippen LogP contribution is -2.30. The number of nitrogens with one attached hydrogen (secondary N) is 1. The summed E-state index contributed by atoms with van der Waals surface area (Å²) in [4.78, 5) is 24.2. The second kappa shape index (κ2) is 8.64. The van der Waals surface area contributed by atoms with Gasteiger partial charge in [-0.05, 0) is 41.8 Å². The summed E-state index contributed by atoms with van der Waals surface area (Å²) >= 11 is 3.38. The van der Waals surface area contributed by atoms with Crippen molar-refractivity contribution in [3.05, 3.63) is 69.7 Å². The van der Waals surface area contributed by atoms with Gasteiger partial charge in [0.05, 0.1) is 19.6 Å². The molecule has 0 bridgehead atoms. The van der Waals surface area contributed by atoms with Gasteiger partial charge in [-0.2, -0.15) is 0 Å². The molecule has 2 aromatic carbocycles. The molecule has 0 aromatic heterocycles. The molecule has 2 aromatic rings. The van der Waals surface area contributed by atoms with E-state index >= 15 is 0 Å². The number of hydrogen-bond acceptors (Lipinski definition) is 3. The van der Waals surface area contributed by atoms with Crippen LogP contribution in [0.4, 0.5) is 0 Å². The molecular formula is C19H20BrNO3. The summed E-state index contributed by atoms with van der Waals surface area (Å²) in [6.45, 7) is 2.06. The molecule has 0 heterocycles. The first-order valence-corrected chi connectivity index (χ1v) is 8.55. The van der Waals surface area contributed by atoms with E-state index in [0.29, 0.717) is 5.56 Å². The summed E-state index contributed by atoms with van der Waals surface area (Å²) in [5, 5.41) is 2.92. The summed E-state index contributed by atoms with van der Waals surface area (Å²) in [5.74, 6) is -0.584. The summed E-state index contributed by atoms with van der Waals surface area (Å²) < 4.78 is 5.68. The van der Waals surface area contributed by atoms with Crippen LogP contribution in [0.5, 0.6) is 0 Å². The Bertz CT molecular complexity index is 696. The third-order valence-electron chi connectivity index (χ3n) is 3.80. The van der Waals surface area contributed by atoms with Gasteiger partial charge in [0, 0.05) is 10.0 Å². The summed E-state index contributed by atoms with van der Waals surface area (Å²) in [6, 6.07) is 14.5. The van der Waals surface area contributed by atoms with E-state index < -0.39 is 6.04 Å². The predicted molar refractivity (Wildman–Crippen MR) is 96.8 cm³/mol. The van der Waals surface area contributed by atoms with Crippen LogP contribution in [0.2, 0.25) is 0 Å². The molecule has 126 valence electrons. The van der Waals surface area contributed by atoms with Crippen molar-refractivity contribution in [3.8, 4) is 0 Å². The summed E-state index contributed by atoms with van der Waals surface area (Å²) in [6.07, 6.45) is 1.00. The van der Waals surface area contributed by atoms with Crippen molar-refractivity contribution in [2.24, 2.45) is 0 Å². The number of esters is 1. The molecule has 0 saturated heterocycles. The van der Waals surface area contributed by atoms with Crippen LogP contribution in [0.1, 0.15) is 40.9 Å². The third kappa shape index (κ3) is 4.93. The van der Waals surface area contributed by atoms with Gasteiger partial charge in [-0.25, -0.2) is 0 Å². The van der Waals surface area contributed by atoms with E-state index in [1.807, 2.05) is 36.4 Å². The fourth-order valence-corrected chi connectivity index (χ4v) is 2.60. The Morgan fingerprint density at radius 1 is 1.08 bits per heavy atom. The molecule has 1 unspecified atom stereocenters. The van der Waals surface area contributed by atoms with Crippen molar-refractivity contribution in [1.29, 1.82) is 0 Å². The zero-order valence-electron chi connectivity index (χ0n) is 13.7. The number of hydrogen-bond donors (Lipinski definition) is 1. The van der Waals surface area contributed by atoms with Crippen molar-refractivity contribution in [1.82, 2.24) is 5.32 Å². The molecule has 0 spiro atoms. The molecule has 1 atom stereocenters. The van der Waals surface area contributed by atoms with E-state index in [1.165, 1.54) is 12.7 Å². The first-order valence-electron chi connectivity index (χ1n) is 7.75. The molecule has 1 N–H and O–H groups in total. The molecule has 5 heteroatoms. The fraction of sp³-hybridized carbons (Fsp3) is 0.263. The van der Waals surface area contributed by atoms with E-state index in [0.717, 1.165) is 16.5 Å². The van der Waals surface area contributed by atoms with Crippen molar-refractivity contribution in [2.45, 2.75) is 25.8 Å². The Morgan fingerprint density at radius 2 is 1.71 bits per heavy atom. The first-order chi connectivity index (χ1) is 11.5. The van der Waals surface area contributed by atoms with Crippen LogP contribution >= 0.6 is 15.9 Å². The molecule has 0 saturated carbocycles. The highest BCUT2D eigenvalue weighted by molar-refractivity contribution is 9.10. The summed E-state index contributed by atoms with van der Waals surface area (Å²) in [5.41, 5.74) is 2.59. The van der Waals surface area contributed by atoms with Crippen molar-refractivity contribution >= 4 is 27.8 Å². The van der Waals surface area contributed by atoms with Gasteiger partial charge < -0.3 is 10.1 Å². The number of carbonyl (C=O) groups is 2. The molecule has 24 heavy (non-hydrogen) atoms. The topological polar surface area (TPSA) is 55.4 Å². The van der Waals surface area contributed by atoms with Crippen molar-refractivity contribution in [3.63, 3.8) is 0 Å². The largest absolute Gasteiger partial charge is 0.469 e. The molecule has 4 nitrogen and oxygen atoms in total. The molecule has 2 rings (SSSR count). The van der Waals surface area contributed by atoms with Gasteiger partial charge in [0.1, 0.15) is 0 Å². The Balaban J connectivity index is 2.18. The van der Waals surface area contributed by atoms with Crippen LogP contribution in [0.25, 0.3) is 0 Å². The number of aryl methyl sites for hydroxylation is 1. The highest BCUT2D eigenvalue weighted by Crippen LogP contribution is 2.21. The van der Waals surface area contributed by atoms with Gasteiger partial charge in [0.25, 0.3) is 5.91 Å². The lowest BCUT2D eigenvalue weighted by Gasteiger charge is -2.18. The minimum absolute atomic E-state index is 0.0803. The molecule has 0 aliphatic rings. The molecular weight excluding hydrogens is 370 g/mol. The van der Waals surface area contributed by atoms with Crippen LogP contribution in [0.15, 0.2) is 53.0 Å². The van der Waals surface area contributed by atoms with E-state index in [2.05, 4.69) is 28.2 Å². The fourth-order valence-electron chi connectivity index (χ4n) is 2.33. The van der Waals surface area contributed by atoms with E-state index in [4.69, 9.17) is 4.74 Å². The van der Waals surface area contributed by atoms with Gasteiger partial charge >= 0.3 is 5.97 Å². The predicted octanol–water partition coefficient (Wildman–Crippen LogP) is 4.05. The number of amides is 1. The molecule has 0 aliphatic carbocycles. The van der Waals surface area contributed by atoms with Crippen molar-refractivity contribution < 1.29 is 14.3 Å². The molecule has 1 amide bonds. The Kier molecular flexibility index (Phi) is 6.55. The van der Waals surface area contributed by atoms with Crippen LogP contribution in [0, 0.1) is 0 Å². The molecule has 0 aliphatic heterocycles. The smallest absolute Gasteiger partial charge is 0.307 e. The number of halogens is 1. The number of benzene rings is 2. The second-order valence-corrected chi connectivity index (χ2v) is 6.32. The van der Waals surface area contributed by atoms with Crippen LogP contribution in [-0.2, 0) is 16.0 Å². The SMILES string of the molecule is CCc1ccc(C(=O)NC(CC(=O)OC)c2ccc(Br)cc2)cc1. The summed E-state index contributed by atoms with van der Waals surface area (Å²) in [7, 11) is 1.34. The normalized spacial score (nSPS) is 11.6. The Morgan fingerprint density at radius 3 is 2.25 bits per heavy atom. The monoisotopic (exact) mass is 389 g/mol. The van der Waals surface area contributed by atoms with Crippen LogP contribution in [-0.4, -0.2) is 19.0 Å². The van der Waals surface area contributed by atoms with E-state index in [1.54, 1.807) is 12.1 Å². The highest BCUT2D eigenvalue weighted by Gasteiger charge is 2.19. The zero-order chi connectivity index (χ0) is 17.5. The number of methoxy groups -OCH3 is 1. The van der Waals surface area contributed by atoms with Gasteiger partial charge in [0.15, 0.2) is 0 Å². The standard InChI is InChI=1S/C19H20BrNO3/c1-3-13-4-6-15(7-5-13)19(23)21-17(12-18(22)24-2)14-8-10-16(20)11-9-14/h4-11,17H,3,12H2,1-2H3,(H,21,23). The highest BCUT2D eigenvalue weighted by atomic mass is 79.9. The van der Waals surface area contributed by atoms with Crippen LogP contribution in [0.3, 0.4) is 0 Å². The van der Waals surface area contributed by atoms with Crippen LogP contribution < -0.4 is 5.32 Å². The van der Waals surface area contributed by atoms with Gasteiger partial charge in [-0.3, -0.25) is 9.59 Å². The second-order valence-electron chi connectivity index (χ2n) is 5.41. The average Bonchev–Trinajstić information content (AvgIpc) is 2.61. The average molecular weight is 390 g/mol. The minimum Gasteiger partial charge on any atom is -0.469 e. The minimum atomic E-state index is -0.441. The number of ether oxygens (including phenoxy) is 1. The van der Waals surface area contributed by atoms with Gasteiger partial charge in [0.2, 0.25) is 0 Å². The molecule has 0 fully saturated rings. The maximum Gasteiger partial charge on any atom is 0.307 e. The van der Waals surface area contributed by atoms with Crippen molar-refractivity contribution in [2.75, 3.05) is 7.11 Å². The lowest BCUT2D eigenvalue weighted by molar-refractivity contribution is -0.141. The molecule has 0 radical (unpaired) electrons. The Labute approximate surface area is 150 Å².